The van der Waals surface area contributed by atoms with Crippen LogP contribution in [0.1, 0.15) is 6.42 Å². The molecule has 2 heterocycles. The molecule has 1 aliphatic rings. The molecule has 10 heteroatoms. The summed E-state index contributed by atoms with van der Waals surface area (Å²) < 4.78 is 41.2. The van der Waals surface area contributed by atoms with E-state index in [9.17, 15) is 17.6 Å². The Morgan fingerprint density at radius 3 is 2.60 bits per heavy atom. The molecule has 25 heavy (non-hydrogen) atoms. The predicted octanol–water partition coefficient (Wildman–Crippen LogP) is 0.340. The summed E-state index contributed by atoms with van der Waals surface area (Å²) in [5.74, 6) is -0.652. The minimum Gasteiger partial charge on any atom is -0.340 e. The molecule has 0 bridgehead atoms. The predicted molar refractivity (Wildman–Crippen MR) is 86.4 cm³/mol. The average Bonchev–Trinajstić information content (AvgIpc) is 3.13. The molecule has 1 fully saturated rings. The van der Waals surface area contributed by atoms with E-state index < -0.39 is 15.8 Å². The number of hydrogen-bond donors (Lipinski definition) is 0. The van der Waals surface area contributed by atoms with Crippen LogP contribution in [0, 0.1) is 5.82 Å². The van der Waals surface area contributed by atoms with Crippen molar-refractivity contribution in [3.05, 3.63) is 42.7 Å². The molecular weight excluding hydrogens is 349 g/mol. The lowest BCUT2D eigenvalue weighted by molar-refractivity contribution is -0.132. The Morgan fingerprint density at radius 2 is 1.96 bits per heavy atom. The van der Waals surface area contributed by atoms with Gasteiger partial charge in [0.05, 0.1) is 11.4 Å². The number of rotatable bonds is 5. The first-order chi connectivity index (χ1) is 12.0. The summed E-state index contributed by atoms with van der Waals surface area (Å²) in [6, 6.07) is 4.94. The monoisotopic (exact) mass is 367 g/mol. The van der Waals surface area contributed by atoms with E-state index in [4.69, 9.17) is 0 Å². The van der Waals surface area contributed by atoms with E-state index in [-0.39, 0.29) is 30.3 Å². The van der Waals surface area contributed by atoms with Gasteiger partial charge in [-0.1, -0.05) is 6.07 Å². The SMILES string of the molecule is O=C(CCn1cncn1)N1CCN(S(=O)(=O)c2cccc(F)c2)CC1. The van der Waals surface area contributed by atoms with Crippen molar-refractivity contribution >= 4 is 15.9 Å². The quantitative estimate of drug-likeness (QED) is 0.760. The highest BCUT2D eigenvalue weighted by Gasteiger charge is 2.30. The van der Waals surface area contributed by atoms with E-state index >= 15 is 0 Å². The van der Waals surface area contributed by atoms with Gasteiger partial charge in [-0.25, -0.2) is 17.8 Å². The summed E-state index contributed by atoms with van der Waals surface area (Å²) in [7, 11) is -3.75. The lowest BCUT2D eigenvalue weighted by Gasteiger charge is -2.34. The first-order valence-electron chi connectivity index (χ1n) is 7.83. The normalized spacial score (nSPS) is 16.1. The first-order valence-corrected chi connectivity index (χ1v) is 9.27. The van der Waals surface area contributed by atoms with Crippen LogP contribution in [0.2, 0.25) is 0 Å². The Kier molecular flexibility index (Phi) is 5.09. The molecule has 3 rings (SSSR count). The van der Waals surface area contributed by atoms with E-state index in [0.717, 1.165) is 6.07 Å². The first kappa shape index (κ1) is 17.5. The fraction of sp³-hybridized carbons (Fsp3) is 0.400. The fourth-order valence-corrected chi connectivity index (χ4v) is 4.13. The van der Waals surface area contributed by atoms with Crippen molar-refractivity contribution in [2.45, 2.75) is 17.9 Å². The molecule has 0 radical (unpaired) electrons. The minimum atomic E-state index is -3.75. The number of carbonyl (C=O) groups excluding carboxylic acids is 1. The zero-order chi connectivity index (χ0) is 17.9. The maximum absolute atomic E-state index is 13.3. The topological polar surface area (TPSA) is 88.4 Å². The molecule has 1 aliphatic heterocycles. The van der Waals surface area contributed by atoms with Gasteiger partial charge in [-0.05, 0) is 18.2 Å². The Bertz CT molecular complexity index is 833. The third-order valence-corrected chi connectivity index (χ3v) is 5.94. The second-order valence-corrected chi connectivity index (χ2v) is 7.59. The molecule has 1 aromatic heterocycles. The summed E-state index contributed by atoms with van der Waals surface area (Å²) in [6.07, 6.45) is 3.22. The molecule has 0 spiro atoms. The average molecular weight is 367 g/mol. The van der Waals surface area contributed by atoms with Gasteiger partial charge in [0.2, 0.25) is 15.9 Å². The molecule has 0 atom stereocenters. The summed E-state index contributed by atoms with van der Waals surface area (Å²) in [6.45, 7) is 1.43. The van der Waals surface area contributed by atoms with Crippen LogP contribution in [0.3, 0.4) is 0 Å². The number of hydrogen-bond acceptors (Lipinski definition) is 5. The van der Waals surface area contributed by atoms with Crippen molar-refractivity contribution in [3.63, 3.8) is 0 Å². The Hall–Kier alpha value is -2.33. The summed E-state index contributed by atoms with van der Waals surface area (Å²) in [5, 5.41) is 3.93. The highest BCUT2D eigenvalue weighted by atomic mass is 32.2. The third-order valence-electron chi connectivity index (χ3n) is 4.05. The minimum absolute atomic E-state index is 0.0571. The lowest BCUT2D eigenvalue weighted by Crippen LogP contribution is -2.50. The van der Waals surface area contributed by atoms with Gasteiger partial charge in [-0.2, -0.15) is 9.40 Å². The molecule has 0 aliphatic carbocycles. The molecule has 2 aromatic rings. The zero-order valence-corrected chi connectivity index (χ0v) is 14.3. The molecule has 0 unspecified atom stereocenters. The number of aryl methyl sites for hydroxylation is 1. The van der Waals surface area contributed by atoms with Gasteiger partial charge in [-0.3, -0.25) is 9.48 Å². The Morgan fingerprint density at radius 1 is 1.20 bits per heavy atom. The molecule has 8 nitrogen and oxygen atoms in total. The van der Waals surface area contributed by atoms with Crippen molar-refractivity contribution < 1.29 is 17.6 Å². The van der Waals surface area contributed by atoms with Crippen LogP contribution in [-0.4, -0.2) is 64.5 Å². The van der Waals surface area contributed by atoms with E-state index in [2.05, 4.69) is 10.1 Å². The van der Waals surface area contributed by atoms with Gasteiger partial charge in [0.1, 0.15) is 18.5 Å². The van der Waals surface area contributed by atoms with Crippen LogP contribution in [0.4, 0.5) is 4.39 Å². The van der Waals surface area contributed by atoms with Crippen molar-refractivity contribution in [1.82, 2.24) is 24.0 Å². The van der Waals surface area contributed by atoms with Gasteiger partial charge >= 0.3 is 0 Å². The molecular formula is C15H18FN5O3S. The smallest absolute Gasteiger partial charge is 0.243 e. The van der Waals surface area contributed by atoms with Gasteiger partial charge in [0.15, 0.2) is 0 Å². The number of sulfonamides is 1. The molecule has 1 amide bonds. The van der Waals surface area contributed by atoms with E-state index in [0.29, 0.717) is 19.6 Å². The summed E-state index contributed by atoms with van der Waals surface area (Å²) in [5.41, 5.74) is 0. The van der Waals surface area contributed by atoms with Crippen LogP contribution in [0.15, 0.2) is 41.8 Å². The molecule has 134 valence electrons. The van der Waals surface area contributed by atoms with Crippen molar-refractivity contribution in [1.29, 1.82) is 0 Å². The largest absolute Gasteiger partial charge is 0.340 e. The fourth-order valence-electron chi connectivity index (χ4n) is 2.67. The second kappa shape index (κ2) is 7.28. The maximum Gasteiger partial charge on any atom is 0.243 e. The van der Waals surface area contributed by atoms with E-state index in [1.807, 2.05) is 0 Å². The number of halogens is 1. The van der Waals surface area contributed by atoms with E-state index in [1.165, 1.54) is 35.2 Å². The molecule has 1 aromatic carbocycles. The zero-order valence-electron chi connectivity index (χ0n) is 13.5. The van der Waals surface area contributed by atoms with Gasteiger partial charge < -0.3 is 4.90 Å². The van der Waals surface area contributed by atoms with Crippen LogP contribution < -0.4 is 0 Å². The van der Waals surface area contributed by atoms with Crippen LogP contribution >= 0.6 is 0 Å². The third kappa shape index (κ3) is 4.02. The van der Waals surface area contributed by atoms with Crippen LogP contribution in [-0.2, 0) is 21.4 Å². The molecule has 0 N–H and O–H groups in total. The summed E-state index contributed by atoms with van der Waals surface area (Å²) >= 11 is 0. The highest BCUT2D eigenvalue weighted by molar-refractivity contribution is 7.89. The van der Waals surface area contributed by atoms with Gasteiger partial charge in [-0.15, -0.1) is 0 Å². The van der Waals surface area contributed by atoms with Gasteiger partial charge in [0, 0.05) is 32.6 Å². The Labute approximate surface area is 144 Å². The van der Waals surface area contributed by atoms with Crippen LogP contribution in [0.25, 0.3) is 0 Å². The van der Waals surface area contributed by atoms with Crippen molar-refractivity contribution in [2.24, 2.45) is 0 Å². The Balaban J connectivity index is 1.57. The van der Waals surface area contributed by atoms with Gasteiger partial charge in [0.25, 0.3) is 0 Å². The number of piperazine rings is 1. The van der Waals surface area contributed by atoms with Crippen LogP contribution in [0.5, 0.6) is 0 Å². The number of nitrogens with zero attached hydrogens (tertiary/aromatic N) is 5. The molecule has 0 saturated carbocycles. The number of benzene rings is 1. The standard InChI is InChI=1S/C15H18FN5O3S/c16-13-2-1-3-14(10-13)25(23,24)21-8-6-19(7-9-21)15(22)4-5-20-12-17-11-18-20/h1-3,10-12H,4-9H2. The van der Waals surface area contributed by atoms with Crippen molar-refractivity contribution in [3.8, 4) is 0 Å². The maximum atomic E-state index is 13.3. The van der Waals surface area contributed by atoms with Crippen molar-refractivity contribution in [2.75, 3.05) is 26.2 Å². The number of amides is 1. The lowest BCUT2D eigenvalue weighted by atomic mass is 10.3. The number of aromatic nitrogens is 3. The van der Waals surface area contributed by atoms with E-state index in [1.54, 1.807) is 9.58 Å². The summed E-state index contributed by atoms with van der Waals surface area (Å²) in [4.78, 5) is 17.6. The highest BCUT2D eigenvalue weighted by Crippen LogP contribution is 2.18. The molecule has 1 saturated heterocycles. The number of carbonyl (C=O) groups is 1. The second-order valence-electron chi connectivity index (χ2n) is 5.65.